The lowest BCUT2D eigenvalue weighted by molar-refractivity contribution is -0.221. The van der Waals surface area contributed by atoms with Crippen LogP contribution in [-0.4, -0.2) is 79.1 Å². The van der Waals surface area contributed by atoms with Gasteiger partial charge in [-0.05, 0) is 52.8 Å². The Balaban J connectivity index is 2.20. The van der Waals surface area contributed by atoms with Gasteiger partial charge in [-0.25, -0.2) is 9.69 Å². The molecule has 0 radical (unpaired) electrons. The Bertz CT molecular complexity index is 866. The van der Waals surface area contributed by atoms with Crippen molar-refractivity contribution in [1.29, 1.82) is 0 Å². The lowest BCUT2D eigenvalue weighted by Crippen LogP contribution is -2.73. The Kier molecular flexibility index (Phi) is 10.3. The van der Waals surface area contributed by atoms with Crippen LogP contribution in [-0.2, 0) is 14.3 Å². The van der Waals surface area contributed by atoms with Crippen LogP contribution >= 0.6 is 0 Å². The van der Waals surface area contributed by atoms with Crippen LogP contribution in [0.3, 0.4) is 0 Å². The van der Waals surface area contributed by atoms with E-state index in [-0.39, 0.29) is 17.9 Å². The Morgan fingerprint density at radius 3 is 2.20 bits per heavy atom. The third kappa shape index (κ3) is 6.41. The predicted molar refractivity (Wildman–Crippen MR) is 138 cm³/mol. The van der Waals surface area contributed by atoms with Crippen molar-refractivity contribution in [3.8, 4) is 0 Å². The molecule has 1 fully saturated rings. The molecule has 2 rings (SSSR count). The van der Waals surface area contributed by atoms with Gasteiger partial charge in [0.2, 0.25) is 5.91 Å². The molecule has 1 aliphatic rings. The van der Waals surface area contributed by atoms with Crippen LogP contribution in [0.4, 0.5) is 4.79 Å². The molecular formula is C27H44N4O4. The van der Waals surface area contributed by atoms with E-state index in [1.807, 2.05) is 64.0 Å². The molecule has 8 nitrogen and oxygen atoms in total. The number of β-lactam (4-membered cyclic amide) rings is 1. The average Bonchev–Trinajstić information content (AvgIpc) is 2.82. The molecule has 0 aromatic heterocycles. The second-order valence-corrected chi connectivity index (χ2v) is 9.93. The van der Waals surface area contributed by atoms with Crippen molar-refractivity contribution < 1.29 is 19.1 Å². The molecule has 2 unspecified atom stereocenters. The highest BCUT2D eigenvalue weighted by Gasteiger charge is 2.62. The molecule has 1 saturated heterocycles. The van der Waals surface area contributed by atoms with Gasteiger partial charge in [0.1, 0.15) is 6.10 Å². The van der Waals surface area contributed by atoms with Crippen LogP contribution < -0.4 is 5.32 Å². The molecular weight excluding hydrogens is 444 g/mol. The van der Waals surface area contributed by atoms with Crippen molar-refractivity contribution in [2.45, 2.75) is 78.7 Å². The molecule has 1 aromatic rings. The number of likely N-dealkylation sites (tertiary alicyclic amines) is 1. The maximum Gasteiger partial charge on any atom is 0.326 e. The molecule has 0 bridgehead atoms. The number of imide groups is 1. The Morgan fingerprint density at radius 2 is 1.69 bits per heavy atom. The molecule has 0 spiro atoms. The number of rotatable bonds is 12. The van der Waals surface area contributed by atoms with Crippen LogP contribution in [0.2, 0.25) is 0 Å². The fourth-order valence-corrected chi connectivity index (χ4v) is 4.57. The average molecular weight is 489 g/mol. The number of nitrogens with one attached hydrogen (secondary N) is 1. The van der Waals surface area contributed by atoms with E-state index < -0.39 is 23.8 Å². The normalized spacial score (nSPS) is 18.7. The lowest BCUT2D eigenvalue weighted by atomic mass is 9.72. The number of hydrogen-bond donors (Lipinski definition) is 1. The fourth-order valence-electron chi connectivity index (χ4n) is 4.57. The number of urea groups is 1. The first-order valence-electron chi connectivity index (χ1n) is 12.8. The Hall–Kier alpha value is -2.45. The summed E-state index contributed by atoms with van der Waals surface area (Å²) in [5.74, 6) is -0.416. The third-order valence-electron chi connectivity index (χ3n) is 7.13. The first kappa shape index (κ1) is 28.8. The van der Waals surface area contributed by atoms with Gasteiger partial charge in [0.25, 0.3) is 5.91 Å². The van der Waals surface area contributed by atoms with Crippen LogP contribution in [0.1, 0.15) is 70.5 Å². The molecule has 1 heterocycles. The van der Waals surface area contributed by atoms with E-state index in [0.29, 0.717) is 19.4 Å². The van der Waals surface area contributed by atoms with Crippen molar-refractivity contribution >= 4 is 17.8 Å². The number of likely N-dealkylation sites (N-methyl/N-ethyl adjacent to an activating group) is 2. The number of hydrogen-bond acceptors (Lipinski definition) is 5. The molecule has 8 heteroatoms. The molecule has 1 N–H and O–H groups in total. The maximum atomic E-state index is 13.4. The minimum Gasteiger partial charge on any atom is -0.344 e. The quantitative estimate of drug-likeness (QED) is 0.451. The van der Waals surface area contributed by atoms with Gasteiger partial charge in [-0.2, -0.15) is 0 Å². The molecule has 4 amide bonds. The van der Waals surface area contributed by atoms with Gasteiger partial charge < -0.3 is 19.9 Å². The number of carbonyl (C=O) groups excluding carboxylic acids is 3. The van der Waals surface area contributed by atoms with Crippen molar-refractivity contribution in [3.63, 3.8) is 0 Å². The number of carbonyl (C=O) groups is 3. The fraction of sp³-hybridized carbons (Fsp3) is 0.667. The maximum absolute atomic E-state index is 13.4. The summed E-state index contributed by atoms with van der Waals surface area (Å²) in [6.45, 7) is 10.9. The Morgan fingerprint density at radius 1 is 1.09 bits per heavy atom. The van der Waals surface area contributed by atoms with Crippen LogP contribution in [0, 0.1) is 12.3 Å². The highest BCUT2D eigenvalue weighted by molar-refractivity contribution is 6.03. The number of benzene rings is 1. The number of nitrogens with zero attached hydrogens (tertiary/aromatic N) is 3. The summed E-state index contributed by atoms with van der Waals surface area (Å²) < 4.78 is 6.18. The lowest BCUT2D eigenvalue weighted by Gasteiger charge is -2.54. The first-order valence-corrected chi connectivity index (χ1v) is 12.8. The summed E-state index contributed by atoms with van der Waals surface area (Å²) in [5.41, 5.74) is 1.34. The number of aryl methyl sites for hydroxylation is 1. The van der Waals surface area contributed by atoms with E-state index in [4.69, 9.17) is 4.74 Å². The van der Waals surface area contributed by atoms with Gasteiger partial charge in [-0.15, -0.1) is 0 Å². The van der Waals surface area contributed by atoms with E-state index in [2.05, 4.69) is 12.2 Å². The van der Waals surface area contributed by atoms with Crippen LogP contribution in [0.25, 0.3) is 0 Å². The number of ether oxygens (including phenoxy) is 1. The monoisotopic (exact) mass is 488 g/mol. The van der Waals surface area contributed by atoms with E-state index in [1.165, 1.54) is 4.90 Å². The predicted octanol–water partition coefficient (Wildman–Crippen LogP) is 3.95. The molecule has 0 saturated carbocycles. The summed E-state index contributed by atoms with van der Waals surface area (Å²) in [5, 5.41) is 3.05. The summed E-state index contributed by atoms with van der Waals surface area (Å²) in [4.78, 5) is 44.4. The zero-order valence-corrected chi connectivity index (χ0v) is 22.8. The standard InChI is InChI=1S/C27H44N4O4/c1-9-12-22(21-15-13-19(4)14-16-21)28-26(34)31-24(33)27(10-2,11-3)25(31)35-20(5)23(32)30(8)18-17-29(6)7/h13-16,20,22,25H,9-12,17-18H2,1-8H3,(H,28,34)/t20-,22?,25?/m0/s1. The summed E-state index contributed by atoms with van der Waals surface area (Å²) in [6.07, 6.45) is 1.13. The van der Waals surface area contributed by atoms with Crippen molar-refractivity contribution in [1.82, 2.24) is 20.0 Å². The zero-order valence-electron chi connectivity index (χ0n) is 22.8. The van der Waals surface area contributed by atoms with Gasteiger partial charge in [0.15, 0.2) is 6.23 Å². The van der Waals surface area contributed by atoms with E-state index in [0.717, 1.165) is 30.5 Å². The molecule has 1 aliphatic heterocycles. The summed E-state index contributed by atoms with van der Waals surface area (Å²) in [7, 11) is 5.65. The van der Waals surface area contributed by atoms with E-state index >= 15 is 0 Å². The van der Waals surface area contributed by atoms with Crippen molar-refractivity contribution in [3.05, 3.63) is 35.4 Å². The van der Waals surface area contributed by atoms with E-state index in [1.54, 1.807) is 18.9 Å². The largest absolute Gasteiger partial charge is 0.344 e. The first-order chi connectivity index (χ1) is 16.5. The Labute approximate surface area is 211 Å². The molecule has 1 aromatic carbocycles. The van der Waals surface area contributed by atoms with Crippen molar-refractivity contribution in [2.75, 3.05) is 34.2 Å². The van der Waals surface area contributed by atoms with Crippen LogP contribution in [0.5, 0.6) is 0 Å². The molecule has 35 heavy (non-hydrogen) atoms. The minimum absolute atomic E-state index is 0.170. The van der Waals surface area contributed by atoms with Gasteiger partial charge in [0, 0.05) is 20.1 Å². The van der Waals surface area contributed by atoms with Gasteiger partial charge >= 0.3 is 6.03 Å². The van der Waals surface area contributed by atoms with Gasteiger partial charge in [0.05, 0.1) is 11.5 Å². The second-order valence-electron chi connectivity index (χ2n) is 9.93. The minimum atomic E-state index is -0.807. The van der Waals surface area contributed by atoms with E-state index in [9.17, 15) is 14.4 Å². The highest BCUT2D eigenvalue weighted by atomic mass is 16.5. The SMILES string of the molecule is CCCC(NC(=O)N1C(=O)C(CC)(CC)C1O[C@@H](C)C(=O)N(C)CCN(C)C)c1ccc(C)cc1. The zero-order chi connectivity index (χ0) is 26.3. The van der Waals surface area contributed by atoms with Gasteiger partial charge in [-0.3, -0.25) is 9.59 Å². The van der Waals surface area contributed by atoms with Crippen molar-refractivity contribution in [2.24, 2.45) is 5.41 Å². The second kappa shape index (κ2) is 12.5. The number of amides is 4. The molecule has 0 aliphatic carbocycles. The topological polar surface area (TPSA) is 82.2 Å². The summed E-state index contributed by atoms with van der Waals surface area (Å²) >= 11 is 0. The molecule has 196 valence electrons. The van der Waals surface area contributed by atoms with Crippen LogP contribution in [0.15, 0.2) is 24.3 Å². The summed E-state index contributed by atoms with van der Waals surface area (Å²) in [6, 6.07) is 7.37. The smallest absolute Gasteiger partial charge is 0.326 e. The highest BCUT2D eigenvalue weighted by Crippen LogP contribution is 2.46. The third-order valence-corrected chi connectivity index (χ3v) is 7.13. The molecule has 3 atom stereocenters. The van der Waals surface area contributed by atoms with Gasteiger partial charge in [-0.1, -0.05) is 57.0 Å².